The quantitative estimate of drug-likeness (QED) is 0.584. The zero-order valence-electron chi connectivity index (χ0n) is 16.6. The third kappa shape index (κ3) is 4.63. The first-order chi connectivity index (χ1) is 14.3. The monoisotopic (exact) mass is 428 g/mol. The molecule has 2 fully saturated rings. The van der Waals surface area contributed by atoms with E-state index in [1.54, 1.807) is 17.0 Å². The number of amides is 2. The molecule has 9 heteroatoms. The summed E-state index contributed by atoms with van der Waals surface area (Å²) in [6.07, 6.45) is 1.89. The van der Waals surface area contributed by atoms with Crippen LogP contribution >= 0.6 is 0 Å². The van der Waals surface area contributed by atoms with Crippen molar-refractivity contribution in [1.82, 2.24) is 10.1 Å². The number of carbonyl (C=O) groups excluding carboxylic acids is 2. The van der Waals surface area contributed by atoms with Gasteiger partial charge in [0.25, 0.3) is 0 Å². The van der Waals surface area contributed by atoms with Crippen molar-refractivity contribution < 1.29 is 18.0 Å². The molecule has 2 aliphatic rings. The Kier molecular flexibility index (Phi) is 5.48. The average molecular weight is 429 g/mol. The zero-order chi connectivity index (χ0) is 21.3. The van der Waals surface area contributed by atoms with Crippen LogP contribution in [0.15, 0.2) is 53.4 Å². The van der Waals surface area contributed by atoms with Crippen molar-refractivity contribution in [3.63, 3.8) is 0 Å². The molecule has 158 valence electrons. The number of hydrogen-bond donors (Lipinski definition) is 3. The van der Waals surface area contributed by atoms with E-state index in [-0.39, 0.29) is 29.2 Å². The van der Waals surface area contributed by atoms with Gasteiger partial charge in [-0.25, -0.2) is 13.1 Å². The van der Waals surface area contributed by atoms with Gasteiger partial charge in [-0.15, -0.1) is 0 Å². The van der Waals surface area contributed by atoms with E-state index in [1.807, 2.05) is 31.2 Å². The molecule has 30 heavy (non-hydrogen) atoms. The SMILES string of the molecule is Cc1ccc(N2CC(C(=O)NNc3ccc(S(=O)(=O)NC4CC4)cc3)CC2=O)cc1. The Morgan fingerprint density at radius 3 is 2.33 bits per heavy atom. The van der Waals surface area contributed by atoms with Gasteiger partial charge in [-0.1, -0.05) is 17.7 Å². The number of rotatable bonds is 7. The van der Waals surface area contributed by atoms with Crippen LogP contribution in [0.3, 0.4) is 0 Å². The lowest BCUT2D eigenvalue weighted by molar-refractivity contribution is -0.125. The van der Waals surface area contributed by atoms with Crippen LogP contribution in [0.2, 0.25) is 0 Å². The highest BCUT2D eigenvalue weighted by Crippen LogP contribution is 2.26. The number of hydrogen-bond acceptors (Lipinski definition) is 5. The van der Waals surface area contributed by atoms with Crippen LogP contribution in [0.5, 0.6) is 0 Å². The Bertz CT molecular complexity index is 1050. The second kappa shape index (κ2) is 8.08. The fourth-order valence-electron chi connectivity index (χ4n) is 3.30. The lowest BCUT2D eigenvalue weighted by Gasteiger charge is -2.17. The summed E-state index contributed by atoms with van der Waals surface area (Å²) in [6.45, 7) is 2.29. The van der Waals surface area contributed by atoms with Crippen LogP contribution in [-0.2, 0) is 19.6 Å². The van der Waals surface area contributed by atoms with Crippen LogP contribution in [0.4, 0.5) is 11.4 Å². The molecule has 0 spiro atoms. The minimum atomic E-state index is -3.51. The van der Waals surface area contributed by atoms with Gasteiger partial charge in [-0.05, 0) is 56.2 Å². The molecule has 2 aromatic carbocycles. The van der Waals surface area contributed by atoms with Gasteiger partial charge in [0.1, 0.15) is 0 Å². The number of anilines is 2. The van der Waals surface area contributed by atoms with Crippen molar-refractivity contribution in [1.29, 1.82) is 0 Å². The Balaban J connectivity index is 1.32. The molecule has 1 saturated heterocycles. The molecule has 2 amide bonds. The second-order valence-electron chi connectivity index (χ2n) is 7.78. The minimum absolute atomic E-state index is 0.0423. The fraction of sp³-hybridized carbons (Fsp3) is 0.333. The molecule has 1 atom stereocenters. The van der Waals surface area contributed by atoms with Gasteiger partial charge < -0.3 is 4.90 Å². The van der Waals surface area contributed by atoms with E-state index < -0.39 is 15.9 Å². The van der Waals surface area contributed by atoms with Crippen LogP contribution in [0.1, 0.15) is 24.8 Å². The highest BCUT2D eigenvalue weighted by atomic mass is 32.2. The Hall–Kier alpha value is -2.91. The molecular weight excluding hydrogens is 404 g/mol. The van der Waals surface area contributed by atoms with Crippen molar-refractivity contribution in [2.24, 2.45) is 5.92 Å². The molecule has 0 bridgehead atoms. The maximum Gasteiger partial charge on any atom is 0.243 e. The molecular formula is C21H24N4O4S. The maximum atomic E-state index is 12.5. The molecule has 4 rings (SSSR count). The number of hydrazine groups is 1. The summed E-state index contributed by atoms with van der Waals surface area (Å²) in [4.78, 5) is 26.6. The lowest BCUT2D eigenvalue weighted by Crippen LogP contribution is -2.36. The standard InChI is InChI=1S/C21H24N4O4S/c1-14-2-8-18(9-3-14)25-13-15(12-20(25)26)21(27)23-22-16-6-10-19(11-7-16)30(28,29)24-17-4-5-17/h2-3,6-11,15,17,22,24H,4-5,12-13H2,1H3,(H,23,27). The largest absolute Gasteiger partial charge is 0.312 e. The van der Waals surface area contributed by atoms with Crippen molar-refractivity contribution in [3.05, 3.63) is 54.1 Å². The molecule has 2 aromatic rings. The number of nitrogens with zero attached hydrogens (tertiary/aromatic N) is 1. The Morgan fingerprint density at radius 2 is 1.70 bits per heavy atom. The molecule has 0 aromatic heterocycles. The van der Waals surface area contributed by atoms with Crippen molar-refractivity contribution in [2.45, 2.75) is 37.1 Å². The highest BCUT2D eigenvalue weighted by molar-refractivity contribution is 7.89. The van der Waals surface area contributed by atoms with E-state index >= 15 is 0 Å². The van der Waals surface area contributed by atoms with Gasteiger partial charge in [-0.2, -0.15) is 0 Å². The van der Waals surface area contributed by atoms with Crippen LogP contribution in [0.25, 0.3) is 0 Å². The molecule has 1 heterocycles. The summed E-state index contributed by atoms with van der Waals surface area (Å²) in [7, 11) is -3.51. The molecule has 3 N–H and O–H groups in total. The third-order valence-corrected chi connectivity index (χ3v) is 6.77. The Labute approximate surface area is 175 Å². The molecule has 1 saturated carbocycles. The summed E-state index contributed by atoms with van der Waals surface area (Å²) in [6, 6.07) is 13.8. The predicted molar refractivity (Wildman–Crippen MR) is 113 cm³/mol. The van der Waals surface area contributed by atoms with Gasteiger partial charge in [-0.3, -0.25) is 20.4 Å². The third-order valence-electron chi connectivity index (χ3n) is 5.24. The zero-order valence-corrected chi connectivity index (χ0v) is 17.4. The molecule has 0 radical (unpaired) electrons. The second-order valence-corrected chi connectivity index (χ2v) is 9.49. The first-order valence-electron chi connectivity index (χ1n) is 9.87. The molecule has 1 aliphatic heterocycles. The van der Waals surface area contributed by atoms with Gasteiger partial charge >= 0.3 is 0 Å². The summed E-state index contributed by atoms with van der Waals surface area (Å²) in [5.74, 6) is -0.838. The van der Waals surface area contributed by atoms with E-state index in [1.165, 1.54) is 12.1 Å². The summed E-state index contributed by atoms with van der Waals surface area (Å²) in [5, 5.41) is 0. The first kappa shape index (κ1) is 20.4. The van der Waals surface area contributed by atoms with E-state index in [2.05, 4.69) is 15.6 Å². The fourth-order valence-corrected chi connectivity index (χ4v) is 4.60. The van der Waals surface area contributed by atoms with Crippen molar-refractivity contribution in [3.8, 4) is 0 Å². The number of benzene rings is 2. The van der Waals surface area contributed by atoms with Gasteiger partial charge in [0.05, 0.1) is 16.5 Å². The molecule has 8 nitrogen and oxygen atoms in total. The van der Waals surface area contributed by atoms with E-state index in [9.17, 15) is 18.0 Å². The smallest absolute Gasteiger partial charge is 0.243 e. The van der Waals surface area contributed by atoms with Crippen LogP contribution < -0.4 is 20.5 Å². The van der Waals surface area contributed by atoms with Crippen LogP contribution in [0, 0.1) is 12.8 Å². The van der Waals surface area contributed by atoms with Crippen molar-refractivity contribution >= 4 is 33.2 Å². The highest BCUT2D eigenvalue weighted by Gasteiger charge is 2.35. The predicted octanol–water partition coefficient (Wildman–Crippen LogP) is 1.93. The van der Waals surface area contributed by atoms with E-state index in [0.717, 1.165) is 24.1 Å². The number of aryl methyl sites for hydroxylation is 1. The van der Waals surface area contributed by atoms with E-state index in [0.29, 0.717) is 12.2 Å². The van der Waals surface area contributed by atoms with Gasteiger partial charge in [0, 0.05) is 24.7 Å². The summed E-state index contributed by atoms with van der Waals surface area (Å²) < 4.78 is 27.0. The van der Waals surface area contributed by atoms with Crippen molar-refractivity contribution in [2.75, 3.05) is 16.9 Å². The lowest BCUT2D eigenvalue weighted by atomic mass is 10.1. The van der Waals surface area contributed by atoms with Gasteiger partial charge in [0.15, 0.2) is 0 Å². The number of sulfonamides is 1. The van der Waals surface area contributed by atoms with E-state index in [4.69, 9.17) is 0 Å². The average Bonchev–Trinajstić information content (AvgIpc) is 3.44. The number of nitrogens with one attached hydrogen (secondary N) is 3. The maximum absolute atomic E-state index is 12.5. The van der Waals surface area contributed by atoms with Gasteiger partial charge in [0.2, 0.25) is 21.8 Å². The normalized spacial score (nSPS) is 19.0. The topological polar surface area (TPSA) is 108 Å². The van der Waals surface area contributed by atoms with Crippen LogP contribution in [-0.4, -0.2) is 32.8 Å². The molecule has 1 aliphatic carbocycles. The Morgan fingerprint density at radius 1 is 1.03 bits per heavy atom. The summed E-state index contributed by atoms with van der Waals surface area (Å²) in [5.41, 5.74) is 7.83. The molecule has 1 unspecified atom stereocenters. The summed E-state index contributed by atoms with van der Waals surface area (Å²) >= 11 is 0. The minimum Gasteiger partial charge on any atom is -0.312 e. The first-order valence-corrected chi connectivity index (χ1v) is 11.4. The number of carbonyl (C=O) groups is 2.